The van der Waals surface area contributed by atoms with Gasteiger partial charge in [0.1, 0.15) is 47.0 Å². The second kappa shape index (κ2) is 34.9. The fraction of sp³-hybridized carbons (Fsp3) is 0.266. The van der Waals surface area contributed by atoms with Gasteiger partial charge in [-0.3, -0.25) is 9.80 Å². The molecule has 0 spiro atoms. The fourth-order valence-corrected chi connectivity index (χ4v) is 15.1. The van der Waals surface area contributed by atoms with Gasteiger partial charge in [-0.05, 0) is 117 Å². The zero-order valence-electron chi connectivity index (χ0n) is 56.7. The molecule has 0 fully saturated rings. The van der Waals surface area contributed by atoms with Crippen LogP contribution in [0.1, 0.15) is 54.5 Å². The van der Waals surface area contributed by atoms with Crippen molar-refractivity contribution in [1.29, 1.82) is 0 Å². The summed E-state index contributed by atoms with van der Waals surface area (Å²) in [5.41, 5.74) is 13.6. The predicted octanol–water partition coefficient (Wildman–Crippen LogP) is 4.64. The number of para-hydroxylation sites is 4. The Kier molecular flexibility index (Phi) is 28.0. The van der Waals surface area contributed by atoms with E-state index in [4.69, 9.17) is 9.47 Å². The highest BCUT2D eigenvalue weighted by Gasteiger charge is 2.31. The van der Waals surface area contributed by atoms with Crippen LogP contribution in [0.3, 0.4) is 0 Å². The zero-order chi connectivity index (χ0) is 63.7. The van der Waals surface area contributed by atoms with Crippen LogP contribution in [0, 0.1) is 6.92 Å². The van der Waals surface area contributed by atoms with Crippen LogP contribution in [0.4, 0.5) is 23.0 Å². The Morgan fingerprint density at radius 1 is 0.463 bits per heavy atom. The first-order valence-corrected chi connectivity index (χ1v) is 33.7. The van der Waals surface area contributed by atoms with Crippen LogP contribution in [0.25, 0.3) is 45.3 Å². The number of rotatable bonds is 22. The van der Waals surface area contributed by atoms with Crippen LogP contribution in [0.15, 0.2) is 232 Å². The van der Waals surface area contributed by atoms with E-state index in [0.29, 0.717) is 0 Å². The molecule has 0 N–H and O–H groups in total. The van der Waals surface area contributed by atoms with Crippen LogP contribution in [0.5, 0.6) is 11.5 Å². The van der Waals surface area contributed by atoms with E-state index in [1.54, 1.807) is 14.2 Å². The lowest BCUT2D eigenvalue weighted by molar-refractivity contribution is -0.903. The molecule has 0 saturated carbocycles. The molecule has 10 nitrogen and oxygen atoms in total. The Labute approximate surface area is 629 Å². The van der Waals surface area contributed by atoms with Gasteiger partial charge in [-0.1, -0.05) is 144 Å². The molecular formula is C79H90Br2I2N8O2S2. The second-order valence-corrected chi connectivity index (χ2v) is 27.3. The van der Waals surface area contributed by atoms with Crippen LogP contribution < -0.4 is 120 Å². The Morgan fingerprint density at radius 3 is 1.25 bits per heavy atom. The first kappa shape index (κ1) is 76.3. The van der Waals surface area contributed by atoms with Gasteiger partial charge in [0.05, 0.1) is 103 Å². The summed E-state index contributed by atoms with van der Waals surface area (Å²) in [4.78, 5) is 12.3. The lowest BCUT2D eigenvalue weighted by atomic mass is 10.1. The number of methoxy groups -OCH3 is 2. The van der Waals surface area contributed by atoms with Crippen LogP contribution >= 0.6 is 23.5 Å². The molecule has 12 rings (SSSR count). The first-order valence-electron chi connectivity index (χ1n) is 32.1. The number of nitrogens with zero attached hydrogens (tertiary/aromatic N) is 8. The van der Waals surface area contributed by atoms with E-state index < -0.39 is 0 Å². The van der Waals surface area contributed by atoms with Gasteiger partial charge in [0.25, 0.3) is 11.6 Å². The van der Waals surface area contributed by atoms with E-state index in [1.807, 2.05) is 23.5 Å². The number of thioether (sulfide) groups is 2. The average molecular weight is 1660 g/mol. The zero-order valence-corrected chi connectivity index (χ0v) is 65.8. The molecular weight excluding hydrogens is 1570 g/mol. The summed E-state index contributed by atoms with van der Waals surface area (Å²) < 4.78 is 18.3. The number of quaternary nitrogens is 2. The number of hydrogen-bond acceptors (Lipinski definition) is 8. The van der Waals surface area contributed by atoms with E-state index in [9.17, 15) is 0 Å². The van der Waals surface area contributed by atoms with Gasteiger partial charge < -0.3 is 110 Å². The minimum absolute atomic E-state index is 0. The Bertz CT molecular complexity index is 4240. The summed E-state index contributed by atoms with van der Waals surface area (Å²) >= 11 is 3.67. The number of halogens is 4. The minimum atomic E-state index is 0. The van der Waals surface area contributed by atoms with Crippen LogP contribution in [-0.2, 0) is 13.1 Å². The highest BCUT2D eigenvalue weighted by molar-refractivity contribution is 8.04. The van der Waals surface area contributed by atoms with Crippen molar-refractivity contribution < 1.29 is 109 Å². The number of benzene rings is 8. The molecule has 0 unspecified atom stereocenters. The first-order chi connectivity index (χ1) is 44.1. The van der Waals surface area contributed by atoms with E-state index in [0.717, 1.165) is 108 Å². The monoisotopic (exact) mass is 1660 g/mol. The van der Waals surface area contributed by atoms with Gasteiger partial charge in [0, 0.05) is 82.9 Å². The third-order valence-corrected chi connectivity index (χ3v) is 19.9. The maximum atomic E-state index is 5.77. The van der Waals surface area contributed by atoms with Gasteiger partial charge >= 0.3 is 0 Å². The summed E-state index contributed by atoms with van der Waals surface area (Å²) in [6.45, 7) is 14.7. The molecule has 0 radical (unpaired) electrons. The topological polar surface area (TPSA) is 39.2 Å². The Hall–Kier alpha value is -6.10. The number of fused-ring (bicyclic) bond motifs is 4. The molecule has 2 aliphatic rings. The van der Waals surface area contributed by atoms with Crippen molar-refractivity contribution in [3.63, 3.8) is 0 Å². The van der Waals surface area contributed by atoms with Gasteiger partial charge in [0.15, 0.2) is 0 Å². The number of hydrogen-bond donors (Lipinski definition) is 0. The molecule has 0 saturated heterocycles. The summed E-state index contributed by atoms with van der Waals surface area (Å²) in [6.07, 6.45) is 6.88. The highest BCUT2D eigenvalue weighted by Crippen LogP contribution is 2.47. The van der Waals surface area contributed by atoms with E-state index in [-0.39, 0.29) is 81.9 Å². The van der Waals surface area contributed by atoms with E-state index >= 15 is 0 Å². The molecule has 95 heavy (non-hydrogen) atoms. The third-order valence-electron chi connectivity index (χ3n) is 17.6. The van der Waals surface area contributed by atoms with Gasteiger partial charge in [0.2, 0.25) is 0 Å². The predicted molar refractivity (Wildman–Crippen MR) is 385 cm³/mol. The standard InChI is InChI=1S/C40H46N4OS.C39H44N4OS.2BrH.2HI/c1-7-42(23-14-24-44(4,5)29-31-16-13-15-30(2)25-31)39-26-32(27-40-41(3)36-19-11-12-20-38(36)46-40)35-22-21-34(45-6)28-37(35)43(39)33-17-9-8-10-18-33;1-6-41(24-15-25-43(3,4)29-30-16-9-7-10-17-30)38-26-31(27-39-40(2)35-20-13-14-21-37(35)45-39)34-23-22-33(44-5)28-36(34)42(38)32-18-11-8-12-19-32;;;;/h8-13,15-22,25-28H,7,14,23-24,29H2,1-6H3;7-14,16-23,26-28H,6,15,24-25,29H2,1-5H3;4*1H/q2*+2;;;;/p-4. The Morgan fingerprint density at radius 2 is 0.853 bits per heavy atom. The summed E-state index contributed by atoms with van der Waals surface area (Å²) in [5, 5.41) is 4.83. The number of ether oxygens (including phenoxy) is 2. The van der Waals surface area contributed by atoms with Crippen LogP contribution in [-0.4, -0.2) is 105 Å². The molecule has 4 heterocycles. The van der Waals surface area contributed by atoms with Gasteiger partial charge in [-0.2, -0.15) is 9.13 Å². The quantitative estimate of drug-likeness (QED) is 0.0554. The van der Waals surface area contributed by atoms with Crippen molar-refractivity contribution in [2.45, 2.75) is 56.5 Å². The van der Waals surface area contributed by atoms with Crippen molar-refractivity contribution in [3.8, 4) is 22.9 Å². The van der Waals surface area contributed by atoms with Crippen molar-refractivity contribution in [3.05, 3.63) is 250 Å². The van der Waals surface area contributed by atoms with Crippen molar-refractivity contribution >= 4 is 80.5 Å². The minimum Gasteiger partial charge on any atom is -1.00 e. The molecule has 2 aliphatic heterocycles. The van der Waals surface area contributed by atoms with Crippen molar-refractivity contribution in [2.75, 3.05) is 115 Å². The molecule has 16 heteroatoms. The molecule has 8 aromatic carbocycles. The fourth-order valence-electron chi connectivity index (χ4n) is 12.9. The number of pyridine rings is 2. The number of anilines is 4. The molecule has 0 aliphatic carbocycles. The summed E-state index contributed by atoms with van der Waals surface area (Å²) in [6, 6.07) is 76.2. The second-order valence-electron chi connectivity index (χ2n) is 25.2. The normalized spacial score (nSPS) is 13.2. The Balaban J connectivity index is 0.000000258. The average Bonchev–Trinajstić information content (AvgIpc) is 0.927. The number of aromatic nitrogens is 2. The summed E-state index contributed by atoms with van der Waals surface area (Å²) in [7, 11) is 17.2. The third kappa shape index (κ3) is 18.4. The maximum Gasteiger partial charge on any atom is 0.282 e. The smallest absolute Gasteiger partial charge is 0.282 e. The highest BCUT2D eigenvalue weighted by atomic mass is 127. The molecule has 0 bridgehead atoms. The number of aryl methyl sites for hydroxylation is 1. The molecule has 2 aromatic heterocycles. The maximum absolute atomic E-state index is 5.77. The van der Waals surface area contributed by atoms with Gasteiger partial charge in [-0.25, -0.2) is 0 Å². The van der Waals surface area contributed by atoms with Crippen LogP contribution in [0.2, 0.25) is 0 Å². The van der Waals surface area contributed by atoms with Gasteiger partial charge in [-0.15, -0.1) is 0 Å². The lowest BCUT2D eigenvalue weighted by Gasteiger charge is -2.30. The molecule has 0 atom stereocenters. The molecule has 0 amide bonds. The molecule has 10 aromatic rings. The van der Waals surface area contributed by atoms with E-state index in [2.05, 4.69) is 316 Å². The lowest BCUT2D eigenvalue weighted by Crippen LogP contribution is -3.00. The molecule has 498 valence electrons. The SMILES string of the molecule is CCN(CCC[N+](C)(C)Cc1cccc(C)c1)c1cc(C=C2Sc3ccccc3N2C)c2ccc(OC)cc2[n+]1-c1ccccc1.CCN(CCC[N+](C)(C)Cc1ccccc1)c1cc(C=C2Sc3ccccc3N2C)c2ccc(OC)cc2[n+]1-c1ccccc1.[Br-].[Br-].[I-].[I-]. The summed E-state index contributed by atoms with van der Waals surface area (Å²) in [5.74, 6) is 4.08. The van der Waals surface area contributed by atoms with E-state index in [1.165, 1.54) is 81.4 Å². The van der Waals surface area contributed by atoms with Crippen molar-refractivity contribution in [1.82, 2.24) is 0 Å². The van der Waals surface area contributed by atoms with Crippen molar-refractivity contribution in [2.24, 2.45) is 0 Å². The largest absolute Gasteiger partial charge is 1.00 e.